The van der Waals surface area contributed by atoms with Crippen molar-refractivity contribution in [1.82, 2.24) is 5.32 Å². The minimum atomic E-state index is -1.15. The summed E-state index contributed by atoms with van der Waals surface area (Å²) in [6, 6.07) is 2.20. The minimum Gasteiger partial charge on any atom is -0.496 e. The number of amides is 2. The Bertz CT molecular complexity index is 517. The Kier molecular flexibility index (Phi) is 5.64. The molecule has 1 aromatic carbocycles. The largest absolute Gasteiger partial charge is 0.496 e. The van der Waals surface area contributed by atoms with E-state index in [0.717, 1.165) is 0 Å². The van der Waals surface area contributed by atoms with Gasteiger partial charge in [0.05, 0.1) is 17.8 Å². The number of rotatable bonds is 5. The molecule has 0 unspecified atom stereocenters. The number of anilines is 1. The lowest BCUT2D eigenvalue weighted by atomic mass is 10.2. The third kappa shape index (κ3) is 4.31. The summed E-state index contributed by atoms with van der Waals surface area (Å²) in [4.78, 5) is 22.7. The molecule has 0 aliphatic rings. The molecule has 6 nitrogen and oxygen atoms in total. The monoisotopic (exact) mass is 300 g/mol. The molecule has 7 heteroatoms. The Balaban J connectivity index is 2.91. The summed E-state index contributed by atoms with van der Waals surface area (Å²) in [6.45, 7) is 4.46. The molecule has 1 aromatic rings. The molecular formula is C13H17ClN2O4. The number of aromatic carboxylic acids is 1. The van der Waals surface area contributed by atoms with E-state index in [4.69, 9.17) is 21.4 Å². The van der Waals surface area contributed by atoms with Crippen molar-refractivity contribution >= 4 is 29.3 Å². The van der Waals surface area contributed by atoms with Gasteiger partial charge in [0.1, 0.15) is 11.3 Å². The summed E-state index contributed by atoms with van der Waals surface area (Å²) in [5, 5.41) is 14.3. The predicted octanol–water partition coefficient (Wildman–Crippen LogP) is 2.82. The fourth-order valence-corrected chi connectivity index (χ4v) is 1.66. The lowest BCUT2D eigenvalue weighted by Gasteiger charge is -2.13. The quantitative estimate of drug-likeness (QED) is 0.780. The molecule has 0 heterocycles. The Morgan fingerprint density at radius 2 is 2.05 bits per heavy atom. The third-order valence-corrected chi connectivity index (χ3v) is 2.75. The van der Waals surface area contributed by atoms with Crippen LogP contribution in [0.3, 0.4) is 0 Å². The maximum Gasteiger partial charge on any atom is 0.339 e. The number of carboxylic acid groups (broad SMARTS) is 1. The van der Waals surface area contributed by atoms with Crippen molar-refractivity contribution in [1.29, 1.82) is 0 Å². The van der Waals surface area contributed by atoms with Gasteiger partial charge in [-0.3, -0.25) is 0 Å². The van der Waals surface area contributed by atoms with Crippen molar-refractivity contribution in [3.8, 4) is 5.75 Å². The SMILES string of the molecule is COc1cc(NC(=O)NCC(C)C)c(Cl)cc1C(=O)O. The minimum absolute atomic E-state index is 0.0642. The zero-order chi connectivity index (χ0) is 15.3. The number of nitrogens with one attached hydrogen (secondary N) is 2. The van der Waals surface area contributed by atoms with Crippen LogP contribution >= 0.6 is 11.6 Å². The average Bonchev–Trinajstić information content (AvgIpc) is 2.38. The number of halogens is 1. The van der Waals surface area contributed by atoms with Crippen LogP contribution in [-0.2, 0) is 0 Å². The third-order valence-electron chi connectivity index (χ3n) is 2.44. The van der Waals surface area contributed by atoms with Crippen LogP contribution < -0.4 is 15.4 Å². The normalized spacial score (nSPS) is 10.2. The lowest BCUT2D eigenvalue weighted by molar-refractivity contribution is 0.0693. The van der Waals surface area contributed by atoms with Crippen LogP contribution in [0.25, 0.3) is 0 Å². The molecule has 0 saturated carbocycles. The number of carbonyl (C=O) groups excluding carboxylic acids is 1. The fourth-order valence-electron chi connectivity index (χ4n) is 1.45. The number of carboxylic acids is 1. The number of hydrogen-bond acceptors (Lipinski definition) is 3. The summed E-state index contributed by atoms with van der Waals surface area (Å²) in [5.74, 6) is -0.708. The fraction of sp³-hybridized carbons (Fsp3) is 0.385. The van der Waals surface area contributed by atoms with Crippen LogP contribution in [-0.4, -0.2) is 30.8 Å². The van der Waals surface area contributed by atoms with Crippen LogP contribution in [0.5, 0.6) is 5.75 Å². The number of urea groups is 1. The van der Waals surface area contributed by atoms with Gasteiger partial charge in [-0.15, -0.1) is 0 Å². The molecule has 0 saturated heterocycles. The van der Waals surface area contributed by atoms with Crippen LogP contribution in [0.4, 0.5) is 10.5 Å². The van der Waals surface area contributed by atoms with Gasteiger partial charge in [-0.25, -0.2) is 9.59 Å². The summed E-state index contributed by atoms with van der Waals surface area (Å²) >= 11 is 5.95. The number of benzene rings is 1. The zero-order valence-electron chi connectivity index (χ0n) is 11.5. The molecule has 0 fully saturated rings. The average molecular weight is 301 g/mol. The maximum absolute atomic E-state index is 11.6. The van der Waals surface area contributed by atoms with Crippen molar-refractivity contribution in [3.05, 3.63) is 22.7 Å². The lowest BCUT2D eigenvalue weighted by Crippen LogP contribution is -2.31. The van der Waals surface area contributed by atoms with E-state index in [0.29, 0.717) is 12.5 Å². The molecular weight excluding hydrogens is 284 g/mol. The molecule has 1 rings (SSSR count). The van der Waals surface area contributed by atoms with E-state index in [1.165, 1.54) is 19.2 Å². The molecule has 0 aromatic heterocycles. The van der Waals surface area contributed by atoms with Crippen LogP contribution in [0, 0.1) is 5.92 Å². The molecule has 0 bridgehead atoms. The molecule has 2 amide bonds. The van der Waals surface area contributed by atoms with Crippen LogP contribution in [0.2, 0.25) is 5.02 Å². The second-order valence-electron chi connectivity index (χ2n) is 4.57. The van der Waals surface area contributed by atoms with Crippen molar-refractivity contribution in [2.45, 2.75) is 13.8 Å². The predicted molar refractivity (Wildman–Crippen MR) is 76.8 cm³/mol. The number of ether oxygens (including phenoxy) is 1. The molecule has 0 spiro atoms. The smallest absolute Gasteiger partial charge is 0.339 e. The molecule has 110 valence electrons. The highest BCUT2D eigenvalue weighted by atomic mass is 35.5. The van der Waals surface area contributed by atoms with E-state index < -0.39 is 12.0 Å². The van der Waals surface area contributed by atoms with Gasteiger partial charge in [0.25, 0.3) is 0 Å². The van der Waals surface area contributed by atoms with Crippen molar-refractivity contribution in [2.75, 3.05) is 19.0 Å². The first-order valence-electron chi connectivity index (χ1n) is 6.00. The van der Waals surface area contributed by atoms with Crippen LogP contribution in [0.15, 0.2) is 12.1 Å². The van der Waals surface area contributed by atoms with E-state index in [2.05, 4.69) is 10.6 Å². The standard InChI is InChI=1S/C13H17ClN2O4/c1-7(2)6-15-13(19)16-10-5-11(20-3)8(12(17)18)4-9(10)14/h4-5,7H,6H2,1-3H3,(H,17,18)(H2,15,16,19). The zero-order valence-corrected chi connectivity index (χ0v) is 12.2. The van der Waals surface area contributed by atoms with Gasteiger partial charge in [0.15, 0.2) is 0 Å². The van der Waals surface area contributed by atoms with E-state index >= 15 is 0 Å². The van der Waals surface area contributed by atoms with E-state index in [-0.39, 0.29) is 22.0 Å². The number of hydrogen-bond donors (Lipinski definition) is 3. The maximum atomic E-state index is 11.6. The second-order valence-corrected chi connectivity index (χ2v) is 4.97. The van der Waals surface area contributed by atoms with Gasteiger partial charge in [0.2, 0.25) is 0 Å². The highest BCUT2D eigenvalue weighted by Crippen LogP contribution is 2.30. The summed E-state index contributed by atoms with van der Waals surface area (Å²) in [5.41, 5.74) is 0.223. The molecule has 0 radical (unpaired) electrons. The molecule has 0 aliphatic carbocycles. The number of methoxy groups -OCH3 is 1. The Labute approximate surface area is 122 Å². The first-order valence-corrected chi connectivity index (χ1v) is 6.38. The highest BCUT2D eigenvalue weighted by molar-refractivity contribution is 6.34. The first-order chi connectivity index (χ1) is 9.35. The first kappa shape index (κ1) is 16.1. The van der Waals surface area contributed by atoms with E-state index in [1.807, 2.05) is 13.8 Å². The summed E-state index contributed by atoms with van der Waals surface area (Å²) < 4.78 is 4.97. The van der Waals surface area contributed by atoms with Gasteiger partial charge >= 0.3 is 12.0 Å². The molecule has 20 heavy (non-hydrogen) atoms. The van der Waals surface area contributed by atoms with Gasteiger partial charge in [-0.2, -0.15) is 0 Å². The second kappa shape index (κ2) is 7.00. The van der Waals surface area contributed by atoms with Gasteiger partial charge < -0.3 is 20.5 Å². The van der Waals surface area contributed by atoms with E-state index in [1.54, 1.807) is 0 Å². The van der Waals surface area contributed by atoms with Crippen molar-refractivity contribution in [3.63, 3.8) is 0 Å². The summed E-state index contributed by atoms with van der Waals surface area (Å²) in [7, 11) is 1.35. The highest BCUT2D eigenvalue weighted by Gasteiger charge is 2.16. The van der Waals surface area contributed by atoms with Crippen molar-refractivity contribution in [2.24, 2.45) is 5.92 Å². The van der Waals surface area contributed by atoms with Crippen molar-refractivity contribution < 1.29 is 19.4 Å². The Hall–Kier alpha value is -1.95. The topological polar surface area (TPSA) is 87.7 Å². The Morgan fingerprint density at radius 1 is 1.40 bits per heavy atom. The van der Waals surface area contributed by atoms with Gasteiger partial charge in [-0.05, 0) is 12.0 Å². The van der Waals surface area contributed by atoms with E-state index in [9.17, 15) is 9.59 Å². The molecule has 3 N–H and O–H groups in total. The van der Waals surface area contributed by atoms with Crippen LogP contribution in [0.1, 0.15) is 24.2 Å². The van der Waals surface area contributed by atoms with Gasteiger partial charge in [-0.1, -0.05) is 25.4 Å². The molecule has 0 aliphatic heterocycles. The molecule has 0 atom stereocenters. The Morgan fingerprint density at radius 3 is 2.55 bits per heavy atom. The number of carbonyl (C=O) groups is 2. The van der Waals surface area contributed by atoms with Gasteiger partial charge in [0, 0.05) is 12.6 Å². The summed E-state index contributed by atoms with van der Waals surface area (Å²) in [6.07, 6.45) is 0.